The Balaban J connectivity index is 0.000000547. The van der Waals surface area contributed by atoms with Crippen molar-refractivity contribution in [3.8, 4) is 0 Å². The van der Waals surface area contributed by atoms with Crippen LogP contribution < -0.4 is 0 Å². The molecule has 11 heteroatoms. The number of sulfonamides is 1. The van der Waals surface area contributed by atoms with Crippen LogP contribution in [0.1, 0.15) is 24.2 Å². The number of carboxylic acids is 2. The third-order valence-electron chi connectivity index (χ3n) is 4.85. The van der Waals surface area contributed by atoms with Crippen LogP contribution in [0, 0.1) is 0 Å². The Hall–Kier alpha value is -2.60. The van der Waals surface area contributed by atoms with Gasteiger partial charge in [0.25, 0.3) is 0 Å². The van der Waals surface area contributed by atoms with E-state index in [1.807, 2.05) is 13.8 Å². The van der Waals surface area contributed by atoms with Crippen LogP contribution >= 0.6 is 0 Å². The third-order valence-corrected chi connectivity index (χ3v) is 6.92. The van der Waals surface area contributed by atoms with E-state index in [2.05, 4.69) is 16.8 Å². The molecule has 0 bridgehead atoms. The summed E-state index contributed by atoms with van der Waals surface area (Å²) in [5.41, 5.74) is 0.562. The van der Waals surface area contributed by atoms with Gasteiger partial charge in [-0.05, 0) is 19.2 Å². The first-order valence-corrected chi connectivity index (χ1v) is 11.6. The largest absolute Gasteiger partial charge is 0.478 e. The number of likely N-dealkylation sites (N-methyl/N-ethyl adjacent to an activating group) is 1. The zero-order valence-electron chi connectivity index (χ0n) is 18.6. The van der Waals surface area contributed by atoms with Crippen molar-refractivity contribution in [1.29, 1.82) is 0 Å². The standard InChI is InChI=1S/C17H27N3O3S.C4H4O4/c1-4-20(5-2)24(22,23)16-8-6-15(7-9-16)17(21)14-19-12-10-18(3)11-13-19;5-3(6)1-2-4(7)8/h6-9H,4-5,10-14H2,1-3H3;1-2H,(H,5,6)(H,7,8). The van der Waals surface area contributed by atoms with Crippen molar-refractivity contribution < 1.29 is 33.0 Å². The van der Waals surface area contributed by atoms with Gasteiger partial charge in [0.15, 0.2) is 5.78 Å². The molecular weight excluding hydrogens is 438 g/mol. The molecule has 178 valence electrons. The Morgan fingerprint density at radius 2 is 1.41 bits per heavy atom. The van der Waals surface area contributed by atoms with E-state index in [1.165, 1.54) is 16.4 Å². The van der Waals surface area contributed by atoms with E-state index in [-0.39, 0.29) is 10.7 Å². The van der Waals surface area contributed by atoms with Crippen LogP contribution in [0.4, 0.5) is 0 Å². The summed E-state index contributed by atoms with van der Waals surface area (Å²) in [4.78, 5) is 36.1. The zero-order chi connectivity index (χ0) is 24.3. The monoisotopic (exact) mass is 469 g/mol. The SMILES string of the molecule is CCN(CC)S(=O)(=O)c1ccc(C(=O)CN2CCN(C)CC2)cc1.O=C(O)C=CC(=O)O. The first kappa shape index (κ1) is 27.4. The Labute approximate surface area is 188 Å². The molecule has 0 amide bonds. The molecule has 0 atom stereocenters. The van der Waals surface area contributed by atoms with Gasteiger partial charge < -0.3 is 15.1 Å². The van der Waals surface area contributed by atoms with E-state index >= 15 is 0 Å². The molecule has 0 saturated carbocycles. The number of Topliss-reactive ketones (excluding diaryl/α,β-unsaturated/α-hetero) is 1. The molecular formula is C21H31N3O7S. The lowest BCUT2D eigenvalue weighted by Gasteiger charge is -2.31. The molecule has 1 aromatic carbocycles. The van der Waals surface area contributed by atoms with Crippen LogP contribution in [-0.4, -0.2) is 103 Å². The second kappa shape index (κ2) is 13.1. The predicted molar refractivity (Wildman–Crippen MR) is 119 cm³/mol. The minimum atomic E-state index is -3.47. The zero-order valence-corrected chi connectivity index (χ0v) is 19.4. The number of hydrogen-bond acceptors (Lipinski definition) is 7. The molecule has 2 N–H and O–H groups in total. The number of carbonyl (C=O) groups excluding carboxylic acids is 1. The average molecular weight is 470 g/mol. The van der Waals surface area contributed by atoms with Gasteiger partial charge in [0.2, 0.25) is 10.0 Å². The molecule has 2 rings (SSSR count). The highest BCUT2D eigenvalue weighted by molar-refractivity contribution is 7.89. The van der Waals surface area contributed by atoms with E-state index in [4.69, 9.17) is 10.2 Å². The van der Waals surface area contributed by atoms with Gasteiger partial charge >= 0.3 is 11.9 Å². The molecule has 1 fully saturated rings. The van der Waals surface area contributed by atoms with E-state index in [9.17, 15) is 22.8 Å². The fraction of sp³-hybridized carbons (Fsp3) is 0.476. The minimum Gasteiger partial charge on any atom is -0.478 e. The van der Waals surface area contributed by atoms with Crippen molar-refractivity contribution in [3.63, 3.8) is 0 Å². The fourth-order valence-corrected chi connectivity index (χ4v) is 4.43. The van der Waals surface area contributed by atoms with Gasteiger partial charge in [-0.25, -0.2) is 18.0 Å². The maximum atomic E-state index is 12.5. The van der Waals surface area contributed by atoms with Crippen LogP contribution in [-0.2, 0) is 19.6 Å². The number of benzene rings is 1. The van der Waals surface area contributed by atoms with Crippen molar-refractivity contribution in [3.05, 3.63) is 42.0 Å². The predicted octanol–water partition coefficient (Wildman–Crippen LogP) is 0.859. The van der Waals surface area contributed by atoms with Gasteiger partial charge in [-0.1, -0.05) is 26.0 Å². The van der Waals surface area contributed by atoms with Gasteiger partial charge in [0, 0.05) is 57.0 Å². The number of ketones is 1. The maximum absolute atomic E-state index is 12.5. The van der Waals surface area contributed by atoms with E-state index in [1.54, 1.807) is 12.1 Å². The molecule has 0 unspecified atom stereocenters. The highest BCUT2D eigenvalue weighted by Crippen LogP contribution is 2.16. The Morgan fingerprint density at radius 3 is 1.81 bits per heavy atom. The van der Waals surface area contributed by atoms with Crippen molar-refractivity contribution in [2.75, 3.05) is 52.9 Å². The molecule has 32 heavy (non-hydrogen) atoms. The van der Waals surface area contributed by atoms with Crippen LogP contribution in [0.5, 0.6) is 0 Å². The fourth-order valence-electron chi connectivity index (χ4n) is 2.97. The second-order valence-electron chi connectivity index (χ2n) is 7.13. The highest BCUT2D eigenvalue weighted by atomic mass is 32.2. The van der Waals surface area contributed by atoms with Gasteiger partial charge in [-0.15, -0.1) is 0 Å². The second-order valence-corrected chi connectivity index (χ2v) is 9.06. The maximum Gasteiger partial charge on any atom is 0.328 e. The van der Waals surface area contributed by atoms with Gasteiger partial charge in [-0.3, -0.25) is 9.69 Å². The lowest BCUT2D eigenvalue weighted by Crippen LogP contribution is -2.46. The molecule has 1 aliphatic heterocycles. The van der Waals surface area contributed by atoms with E-state index < -0.39 is 22.0 Å². The summed E-state index contributed by atoms with van der Waals surface area (Å²) in [6.07, 6.45) is 1.12. The van der Waals surface area contributed by atoms with Gasteiger partial charge in [0.1, 0.15) is 0 Å². The lowest BCUT2D eigenvalue weighted by atomic mass is 10.1. The number of aliphatic carboxylic acids is 2. The number of piperazine rings is 1. The average Bonchev–Trinajstić information content (AvgIpc) is 2.75. The van der Waals surface area contributed by atoms with Crippen molar-refractivity contribution in [2.24, 2.45) is 0 Å². The van der Waals surface area contributed by atoms with Crippen LogP contribution in [0.15, 0.2) is 41.3 Å². The lowest BCUT2D eigenvalue weighted by molar-refractivity contribution is -0.134. The van der Waals surface area contributed by atoms with E-state index in [0.29, 0.717) is 37.3 Å². The summed E-state index contributed by atoms with van der Waals surface area (Å²) in [6.45, 7) is 8.59. The Kier molecular flexibility index (Phi) is 11.2. The van der Waals surface area contributed by atoms with Crippen LogP contribution in [0.3, 0.4) is 0 Å². The first-order valence-electron chi connectivity index (χ1n) is 10.2. The quantitative estimate of drug-likeness (QED) is 0.399. The summed E-state index contributed by atoms with van der Waals surface area (Å²) in [6, 6.07) is 6.30. The molecule has 1 aromatic rings. The van der Waals surface area contributed by atoms with Crippen LogP contribution in [0.2, 0.25) is 0 Å². The number of carbonyl (C=O) groups is 3. The molecule has 0 aromatic heterocycles. The number of rotatable bonds is 9. The summed E-state index contributed by atoms with van der Waals surface area (Å²) < 4.78 is 26.3. The number of nitrogens with zero attached hydrogens (tertiary/aromatic N) is 3. The third kappa shape index (κ3) is 8.87. The topological polar surface area (TPSA) is 136 Å². The van der Waals surface area contributed by atoms with Crippen molar-refractivity contribution >= 4 is 27.7 Å². The summed E-state index contributed by atoms with van der Waals surface area (Å²) in [7, 11) is -1.39. The minimum absolute atomic E-state index is 0.0336. The van der Waals surface area contributed by atoms with E-state index in [0.717, 1.165) is 26.2 Å². The Morgan fingerprint density at radius 1 is 0.938 bits per heavy atom. The number of carboxylic acid groups (broad SMARTS) is 2. The van der Waals surface area contributed by atoms with Crippen molar-refractivity contribution in [2.45, 2.75) is 18.7 Å². The van der Waals surface area contributed by atoms with Gasteiger partial charge in [0.05, 0.1) is 11.4 Å². The first-order chi connectivity index (χ1) is 15.0. The summed E-state index contributed by atoms with van der Waals surface area (Å²) >= 11 is 0. The molecule has 1 saturated heterocycles. The smallest absolute Gasteiger partial charge is 0.328 e. The summed E-state index contributed by atoms with van der Waals surface area (Å²) in [5.74, 6) is -2.48. The molecule has 0 radical (unpaired) electrons. The van der Waals surface area contributed by atoms with Crippen LogP contribution in [0.25, 0.3) is 0 Å². The van der Waals surface area contributed by atoms with Crippen molar-refractivity contribution in [1.82, 2.24) is 14.1 Å². The molecule has 1 heterocycles. The van der Waals surface area contributed by atoms with Gasteiger partial charge in [-0.2, -0.15) is 4.31 Å². The molecule has 10 nitrogen and oxygen atoms in total. The molecule has 1 aliphatic rings. The molecule has 0 aliphatic carbocycles. The summed E-state index contributed by atoms with van der Waals surface area (Å²) in [5, 5.41) is 15.6. The highest BCUT2D eigenvalue weighted by Gasteiger charge is 2.22. The Bertz CT molecular complexity index is 886. The normalized spacial score (nSPS) is 15.4. The molecule has 0 spiro atoms. The number of hydrogen-bond donors (Lipinski definition) is 2.